The number of carboxylic acids is 1. The molecule has 3 N–H and O–H groups in total. The summed E-state index contributed by atoms with van der Waals surface area (Å²) in [5.74, 6) is -0.760. The highest BCUT2D eigenvalue weighted by Gasteiger charge is 2.46. The highest BCUT2D eigenvalue weighted by atomic mass is 32.2. The Kier molecular flexibility index (Phi) is 3.52. The average molecular weight is 272 g/mol. The molecule has 0 aromatic carbocycles. The SMILES string of the molecule is CC1(C(=O)O)CCCC1NC(=O)C1CSC(=O)N1. The highest BCUT2D eigenvalue weighted by Crippen LogP contribution is 2.38. The fourth-order valence-electron chi connectivity index (χ4n) is 2.45. The lowest BCUT2D eigenvalue weighted by Gasteiger charge is -2.28. The molecule has 18 heavy (non-hydrogen) atoms. The standard InChI is InChI=1S/C11H16N2O4S/c1-11(9(15)16)4-2-3-7(11)13-8(14)6-5-18-10(17)12-6/h6-7H,2-5H2,1H3,(H,12,17)(H,13,14)(H,15,16). The number of rotatable bonds is 3. The number of thioether (sulfide) groups is 1. The van der Waals surface area contributed by atoms with E-state index < -0.39 is 17.4 Å². The first-order valence-electron chi connectivity index (χ1n) is 5.90. The van der Waals surface area contributed by atoms with Crippen molar-refractivity contribution in [1.29, 1.82) is 0 Å². The van der Waals surface area contributed by atoms with Gasteiger partial charge in [0.1, 0.15) is 6.04 Å². The molecule has 1 aliphatic carbocycles. The Labute approximate surface area is 109 Å². The van der Waals surface area contributed by atoms with Crippen molar-refractivity contribution in [1.82, 2.24) is 10.6 Å². The zero-order chi connectivity index (χ0) is 13.3. The van der Waals surface area contributed by atoms with Gasteiger partial charge in [-0.1, -0.05) is 18.2 Å². The van der Waals surface area contributed by atoms with Crippen LogP contribution in [0.25, 0.3) is 0 Å². The van der Waals surface area contributed by atoms with Crippen LogP contribution in [0.2, 0.25) is 0 Å². The maximum atomic E-state index is 11.9. The number of carbonyl (C=O) groups is 3. The van der Waals surface area contributed by atoms with Gasteiger partial charge in [0, 0.05) is 11.8 Å². The third-order valence-electron chi connectivity index (χ3n) is 3.75. The molecule has 2 amide bonds. The van der Waals surface area contributed by atoms with Gasteiger partial charge < -0.3 is 15.7 Å². The first-order chi connectivity index (χ1) is 8.43. The van der Waals surface area contributed by atoms with Crippen LogP contribution < -0.4 is 10.6 Å². The van der Waals surface area contributed by atoms with Crippen molar-refractivity contribution in [3.05, 3.63) is 0 Å². The summed E-state index contributed by atoms with van der Waals surface area (Å²) < 4.78 is 0. The van der Waals surface area contributed by atoms with Gasteiger partial charge >= 0.3 is 5.97 Å². The minimum absolute atomic E-state index is 0.206. The zero-order valence-corrected chi connectivity index (χ0v) is 10.9. The third-order valence-corrected chi connectivity index (χ3v) is 4.63. The van der Waals surface area contributed by atoms with Crippen LogP contribution in [0.4, 0.5) is 4.79 Å². The summed E-state index contributed by atoms with van der Waals surface area (Å²) >= 11 is 1.07. The lowest BCUT2D eigenvalue weighted by Crippen LogP contribution is -2.52. The van der Waals surface area contributed by atoms with Crippen LogP contribution in [0.1, 0.15) is 26.2 Å². The molecule has 3 unspecified atom stereocenters. The van der Waals surface area contributed by atoms with E-state index in [0.717, 1.165) is 18.2 Å². The van der Waals surface area contributed by atoms with Gasteiger partial charge in [0.25, 0.3) is 5.24 Å². The van der Waals surface area contributed by atoms with Gasteiger partial charge in [0.15, 0.2) is 0 Å². The molecule has 2 rings (SSSR count). The summed E-state index contributed by atoms with van der Waals surface area (Å²) in [6.07, 6.45) is 2.03. The van der Waals surface area contributed by atoms with E-state index in [0.29, 0.717) is 18.6 Å². The Morgan fingerprint density at radius 2 is 2.28 bits per heavy atom. The van der Waals surface area contributed by atoms with Gasteiger partial charge in [-0.15, -0.1) is 0 Å². The van der Waals surface area contributed by atoms with Crippen molar-refractivity contribution in [2.45, 2.75) is 38.3 Å². The van der Waals surface area contributed by atoms with E-state index in [-0.39, 0.29) is 17.2 Å². The van der Waals surface area contributed by atoms with Crippen LogP contribution in [0, 0.1) is 5.41 Å². The topological polar surface area (TPSA) is 95.5 Å². The molecule has 2 fully saturated rings. The van der Waals surface area contributed by atoms with Gasteiger partial charge in [-0.25, -0.2) is 0 Å². The summed E-state index contributed by atoms with van der Waals surface area (Å²) in [4.78, 5) is 34.2. The lowest BCUT2D eigenvalue weighted by molar-refractivity contribution is -0.149. The summed E-state index contributed by atoms with van der Waals surface area (Å²) in [5, 5.41) is 14.3. The van der Waals surface area contributed by atoms with Crippen LogP contribution in [0.5, 0.6) is 0 Å². The number of amides is 2. The van der Waals surface area contributed by atoms with Crippen LogP contribution in [-0.2, 0) is 9.59 Å². The molecule has 7 heteroatoms. The highest BCUT2D eigenvalue weighted by molar-refractivity contribution is 8.14. The first kappa shape index (κ1) is 13.2. The van der Waals surface area contributed by atoms with Crippen LogP contribution in [-0.4, -0.2) is 40.1 Å². The largest absolute Gasteiger partial charge is 0.481 e. The number of hydrogen-bond donors (Lipinski definition) is 3. The molecule has 1 aliphatic heterocycles. The zero-order valence-electron chi connectivity index (χ0n) is 10.1. The molecular formula is C11H16N2O4S. The van der Waals surface area contributed by atoms with E-state index in [2.05, 4.69) is 10.6 Å². The third kappa shape index (κ3) is 2.31. The number of hydrogen-bond acceptors (Lipinski definition) is 4. The molecule has 6 nitrogen and oxygen atoms in total. The molecule has 2 aliphatic rings. The number of carboxylic acid groups (broad SMARTS) is 1. The van der Waals surface area contributed by atoms with E-state index in [1.165, 1.54) is 0 Å². The second kappa shape index (κ2) is 4.79. The van der Waals surface area contributed by atoms with Gasteiger partial charge in [-0.3, -0.25) is 14.4 Å². The maximum Gasteiger partial charge on any atom is 0.311 e. The molecule has 1 saturated heterocycles. The molecule has 1 heterocycles. The summed E-state index contributed by atoms with van der Waals surface area (Å²) in [6, 6.07) is -0.897. The summed E-state index contributed by atoms with van der Waals surface area (Å²) in [6.45, 7) is 1.66. The minimum Gasteiger partial charge on any atom is -0.481 e. The quantitative estimate of drug-likeness (QED) is 0.698. The van der Waals surface area contributed by atoms with Crippen molar-refractivity contribution in [2.24, 2.45) is 5.41 Å². The minimum atomic E-state index is -0.897. The first-order valence-corrected chi connectivity index (χ1v) is 6.89. The van der Waals surface area contributed by atoms with Crippen molar-refractivity contribution in [2.75, 3.05) is 5.75 Å². The molecule has 0 aromatic heterocycles. The van der Waals surface area contributed by atoms with Crippen molar-refractivity contribution < 1.29 is 19.5 Å². The molecular weight excluding hydrogens is 256 g/mol. The second-order valence-corrected chi connectivity index (χ2v) is 5.96. The fourth-order valence-corrected chi connectivity index (χ4v) is 3.23. The van der Waals surface area contributed by atoms with Crippen molar-refractivity contribution in [3.63, 3.8) is 0 Å². The normalized spacial score (nSPS) is 35.3. The van der Waals surface area contributed by atoms with E-state index in [9.17, 15) is 19.5 Å². The number of aliphatic carboxylic acids is 1. The number of carbonyl (C=O) groups excluding carboxylic acids is 2. The van der Waals surface area contributed by atoms with E-state index in [4.69, 9.17) is 0 Å². The maximum absolute atomic E-state index is 11.9. The predicted octanol–water partition coefficient (Wildman–Crippen LogP) is 0.571. The van der Waals surface area contributed by atoms with Gasteiger partial charge in [0.05, 0.1) is 5.41 Å². The van der Waals surface area contributed by atoms with Gasteiger partial charge in [-0.05, 0) is 19.8 Å². The average Bonchev–Trinajstić information content (AvgIpc) is 2.87. The van der Waals surface area contributed by atoms with Crippen LogP contribution in [0.3, 0.4) is 0 Å². The van der Waals surface area contributed by atoms with E-state index >= 15 is 0 Å². The van der Waals surface area contributed by atoms with Gasteiger partial charge in [0.2, 0.25) is 5.91 Å². The second-order valence-electron chi connectivity index (χ2n) is 4.97. The van der Waals surface area contributed by atoms with Crippen LogP contribution >= 0.6 is 11.8 Å². The molecule has 0 bridgehead atoms. The van der Waals surface area contributed by atoms with E-state index in [1.54, 1.807) is 6.92 Å². The Morgan fingerprint density at radius 3 is 2.83 bits per heavy atom. The Morgan fingerprint density at radius 1 is 1.56 bits per heavy atom. The molecule has 1 saturated carbocycles. The fraction of sp³-hybridized carbons (Fsp3) is 0.727. The molecule has 0 aromatic rings. The Hall–Kier alpha value is -1.24. The Bertz CT molecular complexity index is 401. The monoisotopic (exact) mass is 272 g/mol. The smallest absolute Gasteiger partial charge is 0.311 e. The molecule has 0 radical (unpaired) electrons. The van der Waals surface area contributed by atoms with Crippen molar-refractivity contribution >= 4 is 28.9 Å². The van der Waals surface area contributed by atoms with E-state index in [1.807, 2.05) is 0 Å². The molecule has 100 valence electrons. The molecule has 0 spiro atoms. The molecule has 3 atom stereocenters. The predicted molar refractivity (Wildman–Crippen MR) is 66.3 cm³/mol. The summed E-state index contributed by atoms with van der Waals surface area (Å²) in [5.41, 5.74) is -0.897. The van der Waals surface area contributed by atoms with Crippen molar-refractivity contribution in [3.8, 4) is 0 Å². The van der Waals surface area contributed by atoms with Crippen LogP contribution in [0.15, 0.2) is 0 Å². The van der Waals surface area contributed by atoms with Gasteiger partial charge in [-0.2, -0.15) is 0 Å². The lowest BCUT2D eigenvalue weighted by atomic mass is 9.85. The Balaban J connectivity index is 1.98. The summed E-state index contributed by atoms with van der Waals surface area (Å²) in [7, 11) is 0. The number of nitrogens with one attached hydrogen (secondary N) is 2.